The van der Waals surface area contributed by atoms with Gasteiger partial charge in [-0.15, -0.1) is 0 Å². The van der Waals surface area contributed by atoms with Crippen molar-refractivity contribution in [3.05, 3.63) is 399 Å². The van der Waals surface area contributed by atoms with Crippen LogP contribution < -0.4 is 66.3 Å². The van der Waals surface area contributed by atoms with E-state index in [0.717, 1.165) is 185 Å². The molecule has 0 saturated carbocycles. The summed E-state index contributed by atoms with van der Waals surface area (Å²) < 4.78 is 13.7. The molecule has 768 valence electrons. The van der Waals surface area contributed by atoms with Crippen molar-refractivity contribution in [1.82, 2.24) is 97.8 Å². The van der Waals surface area contributed by atoms with Crippen LogP contribution in [0.4, 0.5) is 17.2 Å². The van der Waals surface area contributed by atoms with Gasteiger partial charge in [0, 0.05) is 58.4 Å². The van der Waals surface area contributed by atoms with Crippen LogP contribution in [0.3, 0.4) is 0 Å². The van der Waals surface area contributed by atoms with E-state index in [1.807, 2.05) is 122 Å². The number of aryl methyl sites for hydroxylation is 20. The second kappa shape index (κ2) is 45.9. The van der Waals surface area contributed by atoms with E-state index in [9.17, 15) is 43.2 Å². The molecule has 11 heterocycles. The molecule has 5 N–H and O–H groups in total. The average molecular weight is 2010 g/mol. The minimum absolute atomic E-state index is 0.143. The molecule has 10 aliphatic heterocycles. The summed E-state index contributed by atoms with van der Waals surface area (Å²) in [7, 11) is 4.06. The summed E-state index contributed by atoms with van der Waals surface area (Å²) in [6, 6.07) is 67.0. The van der Waals surface area contributed by atoms with Crippen LogP contribution >= 0.6 is 0 Å². The van der Waals surface area contributed by atoms with Crippen molar-refractivity contribution in [2.75, 3.05) is 32.1 Å². The first-order valence-corrected chi connectivity index (χ1v) is 51.0. The number of morpholine rings is 1. The minimum Gasteiger partial charge on any atom is -0.373 e. The zero-order chi connectivity index (χ0) is 106. The highest BCUT2D eigenvalue weighted by atomic mass is 16.5. The molecule has 32 nitrogen and oxygen atoms in total. The molecular weight excluding hydrogens is 1890 g/mol. The number of anilines is 2. The van der Waals surface area contributed by atoms with Crippen LogP contribution in [-0.2, 0) is 76.1 Å². The Morgan fingerprint density at radius 2 is 0.780 bits per heavy atom. The zero-order valence-electron chi connectivity index (χ0n) is 87.8. The SMILES string of the molecule is C=c1nc2c(c(=O)[nH]1)=Nc1cc(C)c(C)cc1N2C(C)CCc1ccccc1.Cc1cc2nc3c(=O)[nH]c(=O)nc-3n(CCCc3ccc(CN4C[C@@H](C)O[C@H](C)C4)cc3)c2cc1C.Cc1ccc(CCCn2c3nc(=O)[nH]c(=O)c-3nc3cc(C)c(CN(C)C)cc32)cc1.Cc1ccc(CCCn2c3nc(=O)[nH]c(=O)c-3nc3cc(C)ccc32)cc1.Cc1ccc(CCCn2c3nc(=O)[nH]c(=O)c-3nc3ccc(C)c(C)c32)cc1. The zero-order valence-corrected chi connectivity index (χ0v) is 87.8. The number of ether oxygens (including phenoxy) is 1. The summed E-state index contributed by atoms with van der Waals surface area (Å²) in [4.78, 5) is 171. The molecule has 0 spiro atoms. The number of nitrogens with one attached hydrogen (secondary N) is 5. The van der Waals surface area contributed by atoms with E-state index in [-0.39, 0.29) is 46.6 Å². The third-order valence-corrected chi connectivity index (χ3v) is 27.9. The van der Waals surface area contributed by atoms with Crippen molar-refractivity contribution in [1.29, 1.82) is 0 Å². The molecule has 1 saturated heterocycles. The van der Waals surface area contributed by atoms with Gasteiger partial charge in [0.25, 0.3) is 27.8 Å². The van der Waals surface area contributed by atoms with Crippen LogP contribution in [0.1, 0.15) is 153 Å². The number of aromatic nitrogens is 18. The lowest BCUT2D eigenvalue weighted by Crippen LogP contribution is -2.45. The van der Waals surface area contributed by atoms with Crippen LogP contribution in [-0.4, -0.2) is 143 Å². The highest BCUT2D eigenvalue weighted by molar-refractivity contribution is 5.86. The minimum atomic E-state index is -0.647. The second-order valence-corrected chi connectivity index (χ2v) is 40.1. The Balaban J connectivity index is 0.000000128. The van der Waals surface area contributed by atoms with Gasteiger partial charge >= 0.3 is 22.8 Å². The molecule has 3 atom stereocenters. The van der Waals surface area contributed by atoms with E-state index in [2.05, 4.69) is 298 Å². The largest absolute Gasteiger partial charge is 0.373 e. The van der Waals surface area contributed by atoms with E-state index < -0.39 is 45.0 Å². The van der Waals surface area contributed by atoms with Gasteiger partial charge in [0.2, 0.25) is 0 Å². The number of hydrogen-bond acceptors (Lipinski definition) is 23. The molecule has 1 unspecified atom stereocenters. The van der Waals surface area contributed by atoms with E-state index >= 15 is 0 Å². The lowest BCUT2D eigenvalue weighted by molar-refractivity contribution is -0.0704. The summed E-state index contributed by atoms with van der Waals surface area (Å²) in [5.41, 5.74) is 26.1. The molecule has 10 aliphatic rings. The summed E-state index contributed by atoms with van der Waals surface area (Å²) in [5, 5.41) is 0.356. The molecule has 10 aromatic carbocycles. The third-order valence-electron chi connectivity index (χ3n) is 27.9. The van der Waals surface area contributed by atoms with Crippen LogP contribution in [0.15, 0.2) is 242 Å². The topological polar surface area (TPSA) is 400 Å². The van der Waals surface area contributed by atoms with Crippen LogP contribution in [0.2, 0.25) is 0 Å². The van der Waals surface area contributed by atoms with Gasteiger partial charge in [-0.2, -0.15) is 19.9 Å². The fourth-order valence-corrected chi connectivity index (χ4v) is 19.7. The van der Waals surface area contributed by atoms with Gasteiger partial charge in [0.1, 0.15) is 5.48 Å². The van der Waals surface area contributed by atoms with Gasteiger partial charge in [0.15, 0.2) is 57.2 Å². The van der Waals surface area contributed by atoms with E-state index in [1.54, 1.807) is 0 Å². The molecule has 1 aromatic heterocycles. The third kappa shape index (κ3) is 24.5. The lowest BCUT2D eigenvalue weighted by atomic mass is 10.0. The molecule has 0 bridgehead atoms. The highest BCUT2D eigenvalue weighted by Crippen LogP contribution is 2.40. The van der Waals surface area contributed by atoms with Crippen molar-refractivity contribution in [3.8, 4) is 46.1 Å². The van der Waals surface area contributed by atoms with Gasteiger partial charge < -0.3 is 37.8 Å². The lowest BCUT2D eigenvalue weighted by Gasteiger charge is -2.35. The van der Waals surface area contributed by atoms with Crippen molar-refractivity contribution in [3.63, 3.8) is 0 Å². The van der Waals surface area contributed by atoms with Crippen molar-refractivity contribution < 1.29 is 4.74 Å². The van der Waals surface area contributed by atoms with Crippen LogP contribution in [0.5, 0.6) is 0 Å². The Morgan fingerprint density at radius 3 is 1.27 bits per heavy atom. The molecule has 0 aliphatic carbocycles. The maximum absolute atomic E-state index is 12.5. The van der Waals surface area contributed by atoms with Crippen molar-refractivity contribution in [2.45, 2.75) is 219 Å². The van der Waals surface area contributed by atoms with Crippen LogP contribution in [0.25, 0.3) is 96.8 Å². The first-order chi connectivity index (χ1) is 72.0. The van der Waals surface area contributed by atoms with Gasteiger partial charge in [0.05, 0.1) is 67.7 Å². The Labute approximate surface area is 866 Å². The first-order valence-electron chi connectivity index (χ1n) is 51.0. The van der Waals surface area contributed by atoms with E-state index in [0.29, 0.717) is 66.1 Å². The molecule has 21 rings (SSSR count). The molecule has 32 heteroatoms. The second-order valence-electron chi connectivity index (χ2n) is 40.1. The normalized spacial score (nSPS) is 13.6. The standard InChI is InChI=1S/C28H33N5O3.C24H27N5O2.C23H24N4O.C22H22N4O2.C21H20N4O2/c1-17-12-23-24(13-18(17)2)33(26-25(29-23)27(34)31-28(35)30-26)11-5-6-21-7-9-22(10-8-21)16-32-14-19(3)36-20(4)15-32;1-15-7-9-17(10-8-15)6-5-11-29-20-13-18(14-28(3)4)16(2)12-19(20)25-21-22(29)26-24(31)27-23(21)30;1-14-12-19-20(13-15(14)2)27(16(3)10-11-18-8-6-5-7-9-18)22-21(26-19)23(28)25-17(4)24-22;1-13-6-9-16(10-7-13)5-4-12-26-19-15(3)14(2)8-11-17(19)23-18-20(26)24-22(28)25-21(18)27;1-13-5-8-15(9-6-13)4-3-11-25-17-10-7-14(2)12-16(17)22-18-19(25)23-21(27)24-20(18)26/h7-10,12-13,19-20H,5-6,11,14-16H2,1-4H3,(H,31,34,35);7-10,12-13H,5-6,11,14H2,1-4H3,(H,27,30,31);5-9,12-13,16H,4,10-11H2,1-3H3,(H,25,28);6-11H,4-5,12H2,1-3H3,(H,25,27,28);5-10,12H,3-4,11H2,1-2H3,(H,24,26,27)/t19-,20-;;;;/m1..../s1. The molecular formula is C118H126N22O10. The number of nitrogens with zero attached hydrogens (tertiary/aromatic N) is 17. The van der Waals surface area contributed by atoms with Crippen LogP contribution in [0, 0.1) is 76.2 Å². The van der Waals surface area contributed by atoms with Crippen molar-refractivity contribution in [2.24, 2.45) is 4.99 Å². The summed E-state index contributed by atoms with van der Waals surface area (Å²) in [6.45, 7) is 39.0. The monoisotopic (exact) mass is 2010 g/mol. The highest BCUT2D eigenvalue weighted by Gasteiger charge is 2.31. The fraction of sp³-hybridized carbons (Fsp3) is 0.314. The number of rotatable bonds is 24. The predicted octanol–water partition coefficient (Wildman–Crippen LogP) is 15.5. The smallest absolute Gasteiger partial charge is 0.349 e. The van der Waals surface area contributed by atoms with Gasteiger partial charge in [-0.3, -0.25) is 48.8 Å². The Bertz CT molecular complexity index is 8800. The van der Waals surface area contributed by atoms with Crippen molar-refractivity contribution >= 4 is 67.9 Å². The number of fused-ring (bicyclic) bond motifs is 10. The number of aromatic amines is 5. The predicted molar refractivity (Wildman–Crippen MR) is 592 cm³/mol. The molecule has 11 aromatic rings. The number of hydrogen-bond donors (Lipinski definition) is 5. The maximum atomic E-state index is 12.5. The molecule has 1 fully saturated rings. The van der Waals surface area contributed by atoms with Gasteiger partial charge in [-0.25, -0.2) is 49.1 Å². The van der Waals surface area contributed by atoms with Gasteiger partial charge in [-0.1, -0.05) is 163 Å². The Kier molecular flexibility index (Phi) is 32.1. The number of benzene rings is 10. The average Bonchev–Trinajstić information content (AvgIpc) is 0.739. The maximum Gasteiger partial charge on any atom is 0.349 e. The molecule has 0 radical (unpaired) electrons. The summed E-state index contributed by atoms with van der Waals surface area (Å²) >= 11 is 0. The summed E-state index contributed by atoms with van der Waals surface area (Å²) in [6.07, 6.45) is 9.38. The van der Waals surface area contributed by atoms with Gasteiger partial charge in [-0.05, 0) is 313 Å². The summed E-state index contributed by atoms with van der Waals surface area (Å²) in [5.74, 6) is 1.95. The first kappa shape index (κ1) is 105. The molecule has 0 amide bonds. The van der Waals surface area contributed by atoms with E-state index in [4.69, 9.17) is 4.74 Å². The molecule has 150 heavy (non-hydrogen) atoms. The Morgan fingerprint density at radius 1 is 0.380 bits per heavy atom. The van der Waals surface area contributed by atoms with E-state index in [1.165, 1.54) is 61.2 Å². The number of H-pyrrole nitrogens is 5. The fourth-order valence-electron chi connectivity index (χ4n) is 19.7. The Hall–Kier alpha value is -16.5. The quantitative estimate of drug-likeness (QED) is 0.0351.